The van der Waals surface area contributed by atoms with Gasteiger partial charge in [-0.25, -0.2) is 9.78 Å². The van der Waals surface area contributed by atoms with E-state index in [1.807, 2.05) is 18.2 Å². The van der Waals surface area contributed by atoms with Crippen LogP contribution in [-0.2, 0) is 6.54 Å². The summed E-state index contributed by atoms with van der Waals surface area (Å²) in [5, 5.41) is 17.5. The molecule has 1 aliphatic rings. The summed E-state index contributed by atoms with van der Waals surface area (Å²) in [5.41, 5.74) is 1.39. The standard InChI is InChI=1S/C17H17N5O3/c18-9-13-2-1-5-19-16(13)20-6-7-21-17(23)22-10-12-3-4-14-15(8-12)25-11-24-14/h1-5,8H,6-7,10-11H2,(H,19,20)(H2,21,22,23). The molecule has 8 nitrogen and oxygen atoms in total. The molecular weight excluding hydrogens is 322 g/mol. The van der Waals surface area contributed by atoms with Gasteiger partial charge < -0.3 is 25.4 Å². The van der Waals surface area contributed by atoms with Crippen LogP contribution >= 0.6 is 0 Å². The first kappa shape index (κ1) is 16.4. The molecular formula is C17H17N5O3. The van der Waals surface area contributed by atoms with Crippen molar-refractivity contribution in [1.29, 1.82) is 5.26 Å². The molecule has 1 aliphatic heterocycles. The van der Waals surface area contributed by atoms with Crippen molar-refractivity contribution >= 4 is 11.8 Å². The van der Waals surface area contributed by atoms with Crippen LogP contribution in [0.25, 0.3) is 0 Å². The third kappa shape index (κ3) is 4.29. The van der Waals surface area contributed by atoms with E-state index in [1.54, 1.807) is 18.3 Å². The van der Waals surface area contributed by atoms with E-state index in [-0.39, 0.29) is 12.8 Å². The Labute approximate surface area is 144 Å². The van der Waals surface area contributed by atoms with Crippen molar-refractivity contribution in [3.05, 3.63) is 47.7 Å². The van der Waals surface area contributed by atoms with Crippen LogP contribution in [0.15, 0.2) is 36.5 Å². The quantitative estimate of drug-likeness (QED) is 0.690. The summed E-state index contributed by atoms with van der Waals surface area (Å²) in [7, 11) is 0. The van der Waals surface area contributed by atoms with Crippen LogP contribution in [0.2, 0.25) is 0 Å². The van der Waals surface area contributed by atoms with Crippen molar-refractivity contribution in [2.45, 2.75) is 6.54 Å². The fraction of sp³-hybridized carbons (Fsp3) is 0.235. The summed E-state index contributed by atoms with van der Waals surface area (Å²) >= 11 is 0. The van der Waals surface area contributed by atoms with Gasteiger partial charge in [0.15, 0.2) is 11.5 Å². The number of carbonyl (C=O) groups excluding carboxylic acids is 1. The monoisotopic (exact) mass is 339 g/mol. The highest BCUT2D eigenvalue weighted by molar-refractivity contribution is 5.73. The Morgan fingerprint density at radius 2 is 2.08 bits per heavy atom. The topological polar surface area (TPSA) is 108 Å². The van der Waals surface area contributed by atoms with Crippen LogP contribution in [0, 0.1) is 11.3 Å². The maximum absolute atomic E-state index is 11.8. The molecule has 1 aromatic carbocycles. The Hall–Kier alpha value is -3.47. The molecule has 128 valence electrons. The lowest BCUT2D eigenvalue weighted by atomic mass is 10.2. The van der Waals surface area contributed by atoms with Gasteiger partial charge in [-0.05, 0) is 29.8 Å². The Balaban J connectivity index is 1.38. The first-order chi connectivity index (χ1) is 12.3. The zero-order valence-electron chi connectivity index (χ0n) is 13.4. The summed E-state index contributed by atoms with van der Waals surface area (Å²) in [6, 6.07) is 10.7. The average Bonchev–Trinajstić information content (AvgIpc) is 3.11. The van der Waals surface area contributed by atoms with Crippen LogP contribution in [-0.4, -0.2) is 30.9 Å². The van der Waals surface area contributed by atoms with E-state index < -0.39 is 0 Å². The maximum Gasteiger partial charge on any atom is 0.315 e. The van der Waals surface area contributed by atoms with Gasteiger partial charge in [0.05, 0.1) is 5.56 Å². The van der Waals surface area contributed by atoms with Crippen molar-refractivity contribution in [2.75, 3.05) is 25.2 Å². The van der Waals surface area contributed by atoms with E-state index in [0.717, 1.165) is 5.56 Å². The Morgan fingerprint density at radius 3 is 2.96 bits per heavy atom. The summed E-state index contributed by atoms with van der Waals surface area (Å²) in [5.74, 6) is 1.91. The lowest BCUT2D eigenvalue weighted by Crippen LogP contribution is -2.37. The Morgan fingerprint density at radius 1 is 1.20 bits per heavy atom. The van der Waals surface area contributed by atoms with E-state index in [2.05, 4.69) is 27.0 Å². The lowest BCUT2D eigenvalue weighted by molar-refractivity contribution is 0.174. The van der Waals surface area contributed by atoms with Gasteiger partial charge in [0.2, 0.25) is 6.79 Å². The van der Waals surface area contributed by atoms with Gasteiger partial charge in [-0.3, -0.25) is 0 Å². The fourth-order valence-electron chi connectivity index (χ4n) is 2.29. The number of ether oxygens (including phenoxy) is 2. The maximum atomic E-state index is 11.8. The fourth-order valence-corrected chi connectivity index (χ4v) is 2.29. The van der Waals surface area contributed by atoms with Crippen LogP contribution in [0.5, 0.6) is 11.5 Å². The van der Waals surface area contributed by atoms with Crippen molar-refractivity contribution < 1.29 is 14.3 Å². The average molecular weight is 339 g/mol. The van der Waals surface area contributed by atoms with Gasteiger partial charge in [-0.1, -0.05) is 6.07 Å². The molecule has 0 unspecified atom stereocenters. The molecule has 0 bridgehead atoms. The molecule has 3 N–H and O–H groups in total. The third-order valence-electron chi connectivity index (χ3n) is 3.52. The number of amides is 2. The van der Waals surface area contributed by atoms with Crippen LogP contribution < -0.4 is 25.4 Å². The highest BCUT2D eigenvalue weighted by Crippen LogP contribution is 2.32. The molecule has 0 spiro atoms. The van der Waals surface area contributed by atoms with Gasteiger partial charge >= 0.3 is 6.03 Å². The van der Waals surface area contributed by atoms with Gasteiger partial charge in [0.1, 0.15) is 11.9 Å². The van der Waals surface area contributed by atoms with E-state index in [4.69, 9.17) is 14.7 Å². The van der Waals surface area contributed by atoms with Crippen molar-refractivity contribution in [2.24, 2.45) is 0 Å². The zero-order chi connectivity index (χ0) is 17.5. The number of benzene rings is 1. The molecule has 0 fully saturated rings. The summed E-state index contributed by atoms with van der Waals surface area (Å²) < 4.78 is 10.5. The van der Waals surface area contributed by atoms with E-state index >= 15 is 0 Å². The first-order valence-electron chi connectivity index (χ1n) is 7.75. The smallest absolute Gasteiger partial charge is 0.315 e. The number of anilines is 1. The van der Waals surface area contributed by atoms with Gasteiger partial charge in [-0.2, -0.15) is 5.26 Å². The minimum atomic E-state index is -0.277. The van der Waals surface area contributed by atoms with Crippen LogP contribution in [0.4, 0.5) is 10.6 Å². The molecule has 3 rings (SSSR count). The molecule has 1 aromatic heterocycles. The Kier molecular flexibility index (Phi) is 5.16. The number of aromatic nitrogens is 1. The molecule has 0 aliphatic carbocycles. The molecule has 0 atom stereocenters. The number of urea groups is 1. The summed E-state index contributed by atoms with van der Waals surface area (Å²) in [6.45, 7) is 1.47. The molecule has 0 saturated heterocycles. The number of carbonyl (C=O) groups is 1. The molecule has 2 heterocycles. The highest BCUT2D eigenvalue weighted by Gasteiger charge is 2.13. The molecule has 0 radical (unpaired) electrons. The van der Waals surface area contributed by atoms with Gasteiger partial charge in [0.25, 0.3) is 0 Å². The predicted octanol–water partition coefficient (Wildman–Crippen LogP) is 1.59. The van der Waals surface area contributed by atoms with Crippen molar-refractivity contribution in [3.8, 4) is 17.6 Å². The minimum Gasteiger partial charge on any atom is -0.454 e. The molecule has 2 aromatic rings. The number of hydrogen-bond acceptors (Lipinski definition) is 6. The van der Waals surface area contributed by atoms with Gasteiger partial charge in [0, 0.05) is 25.8 Å². The Bertz CT molecular complexity index is 803. The van der Waals surface area contributed by atoms with Crippen LogP contribution in [0.1, 0.15) is 11.1 Å². The predicted molar refractivity (Wildman–Crippen MR) is 90.2 cm³/mol. The highest BCUT2D eigenvalue weighted by atomic mass is 16.7. The second-order valence-electron chi connectivity index (χ2n) is 5.24. The van der Waals surface area contributed by atoms with Crippen molar-refractivity contribution in [3.63, 3.8) is 0 Å². The third-order valence-corrected chi connectivity index (χ3v) is 3.52. The van der Waals surface area contributed by atoms with E-state index in [1.165, 1.54) is 0 Å². The first-order valence-corrected chi connectivity index (χ1v) is 7.75. The normalized spacial score (nSPS) is 11.5. The number of nitriles is 1. The summed E-state index contributed by atoms with van der Waals surface area (Å²) in [4.78, 5) is 15.9. The lowest BCUT2D eigenvalue weighted by Gasteiger charge is -2.10. The largest absolute Gasteiger partial charge is 0.454 e. The zero-order valence-corrected chi connectivity index (χ0v) is 13.4. The van der Waals surface area contributed by atoms with E-state index in [0.29, 0.717) is 42.5 Å². The van der Waals surface area contributed by atoms with E-state index in [9.17, 15) is 4.79 Å². The number of nitrogens with one attached hydrogen (secondary N) is 3. The number of hydrogen-bond donors (Lipinski definition) is 3. The second-order valence-corrected chi connectivity index (χ2v) is 5.24. The van der Waals surface area contributed by atoms with Gasteiger partial charge in [-0.15, -0.1) is 0 Å². The molecule has 8 heteroatoms. The number of nitrogens with zero attached hydrogens (tertiary/aromatic N) is 2. The minimum absolute atomic E-state index is 0.226. The molecule has 25 heavy (non-hydrogen) atoms. The number of fused-ring (bicyclic) bond motifs is 1. The SMILES string of the molecule is N#Cc1cccnc1NCCNC(=O)NCc1ccc2c(c1)OCO2. The summed E-state index contributed by atoms with van der Waals surface area (Å²) in [6.07, 6.45) is 1.61. The number of pyridine rings is 1. The van der Waals surface area contributed by atoms with Crippen molar-refractivity contribution in [1.82, 2.24) is 15.6 Å². The molecule has 2 amide bonds. The number of rotatable bonds is 6. The van der Waals surface area contributed by atoms with Crippen LogP contribution in [0.3, 0.4) is 0 Å². The molecule has 0 saturated carbocycles. The second kappa shape index (κ2) is 7.88.